The fourth-order valence-corrected chi connectivity index (χ4v) is 1.04. The first-order valence-corrected chi connectivity index (χ1v) is 6.26. The summed E-state index contributed by atoms with van der Waals surface area (Å²) in [6.07, 6.45) is 0. The number of hydrogen-bond acceptors (Lipinski definition) is 2. The molecule has 1 rings (SSSR count). The molecule has 0 amide bonds. The quantitative estimate of drug-likeness (QED) is 0.567. The van der Waals surface area contributed by atoms with Crippen molar-refractivity contribution < 1.29 is 9.18 Å². The van der Waals surface area contributed by atoms with Crippen molar-refractivity contribution in [2.24, 2.45) is 5.92 Å². The van der Waals surface area contributed by atoms with Gasteiger partial charge in [-0.15, -0.1) is 0 Å². The monoisotopic (exact) mass is 261 g/mol. The fourth-order valence-electron chi connectivity index (χ4n) is 0.907. The summed E-state index contributed by atoms with van der Waals surface area (Å²) in [5, 5.41) is 0.0535. The number of hydrogen-bond donors (Lipinski definition) is 0. The second kappa shape index (κ2) is 10.2. The smallest absolute Gasteiger partial charge is 0.225 e. The van der Waals surface area contributed by atoms with Crippen LogP contribution in [0.2, 0.25) is 5.15 Å². The molecule has 0 saturated carbocycles. The maximum absolute atomic E-state index is 13.0. The highest BCUT2D eigenvalue weighted by Gasteiger charge is 2.15. The lowest BCUT2D eigenvalue weighted by atomic mass is 10.0. The van der Waals surface area contributed by atoms with E-state index in [1.54, 1.807) is 13.8 Å². The Morgan fingerprint density at radius 2 is 1.71 bits per heavy atom. The molecule has 0 bridgehead atoms. The van der Waals surface area contributed by atoms with Crippen LogP contribution >= 0.6 is 11.6 Å². The molecular formula is C13H21ClFNO. The van der Waals surface area contributed by atoms with Gasteiger partial charge >= 0.3 is 0 Å². The molecule has 4 heteroatoms. The molecule has 0 unspecified atom stereocenters. The number of ketones is 1. The van der Waals surface area contributed by atoms with Gasteiger partial charge in [0.1, 0.15) is 5.15 Å². The largest absolute Gasteiger partial charge is 0.294 e. The molecule has 0 fully saturated rings. The minimum absolute atomic E-state index is 0.000556. The molecule has 17 heavy (non-hydrogen) atoms. The SMILES string of the molecule is CC.CC.CC(C)C(=O)c1ccc(Cl)nc1F. The summed E-state index contributed by atoms with van der Waals surface area (Å²) >= 11 is 5.44. The summed E-state index contributed by atoms with van der Waals surface area (Å²) in [4.78, 5) is 14.7. The van der Waals surface area contributed by atoms with Crippen LogP contribution in [0.15, 0.2) is 12.1 Å². The van der Waals surface area contributed by atoms with Crippen LogP contribution in [0.3, 0.4) is 0 Å². The summed E-state index contributed by atoms with van der Waals surface area (Å²) in [5.41, 5.74) is -0.000556. The zero-order chi connectivity index (χ0) is 14.0. The van der Waals surface area contributed by atoms with Gasteiger partial charge in [-0.05, 0) is 12.1 Å². The fraction of sp³-hybridized carbons (Fsp3) is 0.538. The van der Waals surface area contributed by atoms with Crippen molar-refractivity contribution in [3.8, 4) is 0 Å². The predicted octanol–water partition coefficient (Wildman–Crippen LogP) is 4.77. The Labute approximate surface area is 108 Å². The van der Waals surface area contributed by atoms with Crippen molar-refractivity contribution in [2.75, 3.05) is 0 Å². The molecule has 0 aliphatic carbocycles. The molecule has 1 aromatic rings. The molecule has 0 N–H and O–H groups in total. The van der Waals surface area contributed by atoms with E-state index >= 15 is 0 Å². The van der Waals surface area contributed by atoms with Gasteiger partial charge in [0.25, 0.3) is 0 Å². The Morgan fingerprint density at radius 3 is 2.06 bits per heavy atom. The van der Waals surface area contributed by atoms with Gasteiger partial charge in [-0.1, -0.05) is 53.1 Å². The zero-order valence-corrected chi connectivity index (χ0v) is 12.1. The van der Waals surface area contributed by atoms with Crippen LogP contribution in [-0.2, 0) is 0 Å². The van der Waals surface area contributed by atoms with E-state index in [9.17, 15) is 9.18 Å². The van der Waals surface area contributed by atoms with Crippen molar-refractivity contribution >= 4 is 17.4 Å². The number of Topliss-reactive ketones (excluding diaryl/α,β-unsaturated/α-hetero) is 1. The molecule has 0 saturated heterocycles. The number of pyridine rings is 1. The van der Waals surface area contributed by atoms with Crippen LogP contribution in [0.25, 0.3) is 0 Å². The Bertz CT molecular complexity index is 340. The lowest BCUT2D eigenvalue weighted by molar-refractivity contribution is 0.0934. The molecule has 0 aliphatic rings. The lowest BCUT2D eigenvalue weighted by Crippen LogP contribution is -2.10. The maximum atomic E-state index is 13.0. The van der Waals surface area contributed by atoms with Gasteiger partial charge in [-0.2, -0.15) is 4.39 Å². The average molecular weight is 262 g/mol. The van der Waals surface area contributed by atoms with E-state index in [0.29, 0.717) is 0 Å². The highest BCUT2D eigenvalue weighted by Crippen LogP contribution is 2.14. The first-order valence-electron chi connectivity index (χ1n) is 5.88. The van der Waals surface area contributed by atoms with Crippen LogP contribution in [0.4, 0.5) is 4.39 Å². The third-order valence-electron chi connectivity index (χ3n) is 1.60. The topological polar surface area (TPSA) is 30.0 Å². The predicted molar refractivity (Wildman–Crippen MR) is 71.1 cm³/mol. The van der Waals surface area contributed by atoms with Gasteiger partial charge < -0.3 is 0 Å². The van der Waals surface area contributed by atoms with E-state index < -0.39 is 5.95 Å². The molecule has 98 valence electrons. The number of carbonyl (C=O) groups is 1. The van der Waals surface area contributed by atoms with Crippen molar-refractivity contribution in [3.05, 3.63) is 28.8 Å². The van der Waals surface area contributed by atoms with Crippen molar-refractivity contribution in [3.63, 3.8) is 0 Å². The second-order valence-corrected chi connectivity index (χ2v) is 3.38. The molecule has 1 aromatic heterocycles. The molecule has 0 radical (unpaired) electrons. The standard InChI is InChI=1S/C9H9ClFNO.2C2H6/c1-5(2)8(13)6-3-4-7(10)12-9(6)11;2*1-2/h3-5H,1-2H3;2*1-2H3. The summed E-state index contributed by atoms with van der Waals surface area (Å²) in [6.45, 7) is 11.4. The van der Waals surface area contributed by atoms with E-state index in [0.717, 1.165) is 0 Å². The minimum atomic E-state index is -0.800. The third-order valence-corrected chi connectivity index (χ3v) is 1.82. The number of rotatable bonds is 2. The van der Waals surface area contributed by atoms with Crippen LogP contribution in [0, 0.1) is 11.9 Å². The first kappa shape index (κ1) is 18.4. The molecule has 0 aliphatic heterocycles. The van der Waals surface area contributed by atoms with E-state index in [4.69, 9.17) is 11.6 Å². The normalized spacial score (nSPS) is 8.76. The summed E-state index contributed by atoms with van der Waals surface area (Å²) < 4.78 is 13.0. The van der Waals surface area contributed by atoms with E-state index in [-0.39, 0.29) is 22.4 Å². The van der Waals surface area contributed by atoms with E-state index in [1.165, 1.54) is 12.1 Å². The van der Waals surface area contributed by atoms with Gasteiger partial charge in [0.2, 0.25) is 5.95 Å². The zero-order valence-electron chi connectivity index (χ0n) is 11.3. The first-order chi connectivity index (χ1) is 8.02. The van der Waals surface area contributed by atoms with Gasteiger partial charge in [-0.3, -0.25) is 4.79 Å². The summed E-state index contributed by atoms with van der Waals surface area (Å²) in [7, 11) is 0. The molecular weight excluding hydrogens is 241 g/mol. The second-order valence-electron chi connectivity index (χ2n) is 2.99. The molecule has 2 nitrogen and oxygen atoms in total. The Hall–Kier alpha value is -0.960. The highest BCUT2D eigenvalue weighted by atomic mass is 35.5. The minimum Gasteiger partial charge on any atom is -0.294 e. The maximum Gasteiger partial charge on any atom is 0.225 e. The Kier molecular flexibility index (Phi) is 11.1. The van der Waals surface area contributed by atoms with Crippen LogP contribution in [0.1, 0.15) is 51.9 Å². The Morgan fingerprint density at radius 1 is 1.24 bits per heavy atom. The van der Waals surface area contributed by atoms with E-state index in [1.807, 2.05) is 27.7 Å². The molecule has 0 spiro atoms. The third kappa shape index (κ3) is 6.37. The number of carbonyl (C=O) groups excluding carboxylic acids is 1. The van der Waals surface area contributed by atoms with Gasteiger partial charge in [0, 0.05) is 5.92 Å². The van der Waals surface area contributed by atoms with Crippen LogP contribution < -0.4 is 0 Å². The van der Waals surface area contributed by atoms with Crippen LogP contribution in [-0.4, -0.2) is 10.8 Å². The molecule has 0 aromatic carbocycles. The van der Waals surface area contributed by atoms with Crippen molar-refractivity contribution in [1.29, 1.82) is 0 Å². The number of aromatic nitrogens is 1. The summed E-state index contributed by atoms with van der Waals surface area (Å²) in [6, 6.07) is 2.76. The number of halogens is 2. The average Bonchev–Trinajstić information content (AvgIpc) is 2.33. The van der Waals surface area contributed by atoms with Crippen molar-refractivity contribution in [2.45, 2.75) is 41.5 Å². The van der Waals surface area contributed by atoms with Gasteiger partial charge in [0.05, 0.1) is 5.56 Å². The summed E-state index contributed by atoms with van der Waals surface area (Å²) in [5.74, 6) is -1.30. The lowest BCUT2D eigenvalue weighted by Gasteiger charge is -2.04. The Balaban J connectivity index is 0. The molecule has 0 atom stereocenters. The number of nitrogens with zero attached hydrogens (tertiary/aromatic N) is 1. The van der Waals surface area contributed by atoms with Crippen LogP contribution in [0.5, 0.6) is 0 Å². The molecule has 1 heterocycles. The van der Waals surface area contributed by atoms with Gasteiger partial charge in [0.15, 0.2) is 5.78 Å². The highest BCUT2D eigenvalue weighted by molar-refractivity contribution is 6.29. The van der Waals surface area contributed by atoms with Gasteiger partial charge in [-0.25, -0.2) is 4.98 Å². The van der Waals surface area contributed by atoms with Crippen molar-refractivity contribution in [1.82, 2.24) is 4.98 Å². The van der Waals surface area contributed by atoms with E-state index in [2.05, 4.69) is 4.98 Å².